The second-order valence-corrected chi connectivity index (χ2v) is 5.95. The lowest BCUT2D eigenvalue weighted by molar-refractivity contribution is 0.108. The summed E-state index contributed by atoms with van der Waals surface area (Å²) in [7, 11) is 2.21. The lowest BCUT2D eigenvalue weighted by Crippen LogP contribution is -2.49. The Bertz CT molecular complexity index is 391. The molecule has 1 atom stereocenters. The van der Waals surface area contributed by atoms with Crippen LogP contribution in [0.5, 0.6) is 0 Å². The van der Waals surface area contributed by atoms with Gasteiger partial charge in [0.1, 0.15) is 0 Å². The highest BCUT2D eigenvalue weighted by Gasteiger charge is 2.32. The van der Waals surface area contributed by atoms with Gasteiger partial charge in [-0.3, -0.25) is 0 Å². The lowest BCUT2D eigenvalue weighted by Gasteiger charge is -2.39. The molecule has 1 aliphatic rings. The molecule has 1 aromatic rings. The van der Waals surface area contributed by atoms with Gasteiger partial charge in [0.25, 0.3) is 0 Å². The Morgan fingerprint density at radius 1 is 1.30 bits per heavy atom. The monoisotopic (exact) mass is 276 g/mol. The summed E-state index contributed by atoms with van der Waals surface area (Å²) in [5, 5.41) is 13.5. The number of benzene rings is 1. The standard InChI is InChI=1S/C17H28N2O/c1-3-18-17(14-20,15-8-5-4-6-9-15)12-13-19(2)16-10-7-11-16/h4-6,8-9,16,18,20H,3,7,10-14H2,1-2H3. The molecule has 0 aliphatic heterocycles. The summed E-state index contributed by atoms with van der Waals surface area (Å²) in [6.07, 6.45) is 4.96. The number of hydrogen-bond donors (Lipinski definition) is 2. The maximum Gasteiger partial charge on any atom is 0.0681 e. The van der Waals surface area contributed by atoms with Crippen LogP contribution in [0.1, 0.15) is 38.2 Å². The first-order chi connectivity index (χ1) is 9.72. The van der Waals surface area contributed by atoms with Crippen molar-refractivity contribution in [1.29, 1.82) is 0 Å². The van der Waals surface area contributed by atoms with Crippen LogP contribution in [-0.2, 0) is 5.54 Å². The highest BCUT2D eigenvalue weighted by molar-refractivity contribution is 5.24. The van der Waals surface area contributed by atoms with Crippen molar-refractivity contribution in [1.82, 2.24) is 10.2 Å². The van der Waals surface area contributed by atoms with Gasteiger partial charge in [-0.25, -0.2) is 0 Å². The minimum atomic E-state index is -0.311. The minimum Gasteiger partial charge on any atom is -0.394 e. The van der Waals surface area contributed by atoms with Crippen LogP contribution in [0.4, 0.5) is 0 Å². The van der Waals surface area contributed by atoms with Crippen molar-refractivity contribution in [2.75, 3.05) is 26.7 Å². The average molecular weight is 276 g/mol. The molecule has 1 fully saturated rings. The van der Waals surface area contributed by atoms with Crippen LogP contribution in [0.2, 0.25) is 0 Å². The van der Waals surface area contributed by atoms with Crippen LogP contribution in [-0.4, -0.2) is 42.8 Å². The van der Waals surface area contributed by atoms with Crippen molar-refractivity contribution in [3.8, 4) is 0 Å². The second kappa shape index (κ2) is 7.21. The molecule has 1 aliphatic carbocycles. The van der Waals surface area contributed by atoms with E-state index in [1.165, 1.54) is 24.8 Å². The molecular formula is C17H28N2O. The zero-order valence-corrected chi connectivity index (χ0v) is 12.8. The van der Waals surface area contributed by atoms with Gasteiger partial charge in [-0.15, -0.1) is 0 Å². The molecule has 112 valence electrons. The van der Waals surface area contributed by atoms with Crippen LogP contribution in [0.15, 0.2) is 30.3 Å². The SMILES string of the molecule is CCNC(CO)(CCN(C)C1CCC1)c1ccccc1. The molecule has 0 bridgehead atoms. The first-order valence-corrected chi connectivity index (χ1v) is 7.83. The van der Waals surface area contributed by atoms with E-state index in [0.29, 0.717) is 0 Å². The molecule has 0 saturated heterocycles. The van der Waals surface area contributed by atoms with E-state index in [1.54, 1.807) is 0 Å². The molecule has 0 spiro atoms. The van der Waals surface area contributed by atoms with Gasteiger partial charge < -0.3 is 15.3 Å². The molecule has 0 radical (unpaired) electrons. The Hall–Kier alpha value is -0.900. The highest BCUT2D eigenvalue weighted by Crippen LogP contribution is 2.28. The third kappa shape index (κ3) is 3.40. The first-order valence-electron chi connectivity index (χ1n) is 7.83. The summed E-state index contributed by atoms with van der Waals surface area (Å²) in [6.45, 7) is 4.13. The number of rotatable bonds is 8. The van der Waals surface area contributed by atoms with Gasteiger partial charge in [-0.1, -0.05) is 43.7 Å². The number of aliphatic hydroxyl groups excluding tert-OH is 1. The summed E-state index contributed by atoms with van der Waals surface area (Å²) in [4.78, 5) is 2.45. The van der Waals surface area contributed by atoms with Crippen molar-refractivity contribution in [2.24, 2.45) is 0 Å². The fourth-order valence-corrected chi connectivity index (χ4v) is 3.03. The van der Waals surface area contributed by atoms with E-state index in [0.717, 1.165) is 25.6 Å². The second-order valence-electron chi connectivity index (χ2n) is 5.95. The van der Waals surface area contributed by atoms with Crippen molar-refractivity contribution >= 4 is 0 Å². The van der Waals surface area contributed by atoms with Crippen LogP contribution in [0, 0.1) is 0 Å². The normalized spacial score (nSPS) is 18.8. The Kier molecular flexibility index (Phi) is 5.58. The summed E-state index contributed by atoms with van der Waals surface area (Å²) in [5.41, 5.74) is 0.875. The summed E-state index contributed by atoms with van der Waals surface area (Å²) < 4.78 is 0. The van der Waals surface area contributed by atoms with Crippen molar-refractivity contribution < 1.29 is 5.11 Å². The molecule has 0 aromatic heterocycles. The molecule has 3 nitrogen and oxygen atoms in total. The van der Waals surface area contributed by atoms with Crippen LogP contribution < -0.4 is 5.32 Å². The average Bonchev–Trinajstić information content (AvgIpc) is 2.43. The smallest absolute Gasteiger partial charge is 0.0681 e. The van der Waals surface area contributed by atoms with E-state index in [9.17, 15) is 5.11 Å². The van der Waals surface area contributed by atoms with E-state index in [4.69, 9.17) is 0 Å². The van der Waals surface area contributed by atoms with E-state index in [1.807, 2.05) is 18.2 Å². The predicted octanol–water partition coefficient (Wildman–Crippen LogP) is 2.36. The maximum absolute atomic E-state index is 10.0. The van der Waals surface area contributed by atoms with Crippen LogP contribution >= 0.6 is 0 Å². The van der Waals surface area contributed by atoms with E-state index < -0.39 is 0 Å². The largest absolute Gasteiger partial charge is 0.394 e. The van der Waals surface area contributed by atoms with E-state index >= 15 is 0 Å². The fourth-order valence-electron chi connectivity index (χ4n) is 3.03. The third-order valence-corrected chi connectivity index (χ3v) is 4.70. The zero-order chi connectivity index (χ0) is 14.4. The third-order valence-electron chi connectivity index (χ3n) is 4.70. The lowest BCUT2D eigenvalue weighted by atomic mass is 9.86. The van der Waals surface area contributed by atoms with Gasteiger partial charge in [-0.05, 0) is 38.4 Å². The first kappa shape index (κ1) is 15.5. The number of aliphatic hydroxyl groups is 1. The minimum absolute atomic E-state index is 0.142. The quantitative estimate of drug-likeness (QED) is 0.765. The molecule has 0 amide bonds. The van der Waals surface area contributed by atoms with Gasteiger partial charge >= 0.3 is 0 Å². The van der Waals surface area contributed by atoms with Crippen LogP contribution in [0.25, 0.3) is 0 Å². The topological polar surface area (TPSA) is 35.5 Å². The number of nitrogens with zero attached hydrogens (tertiary/aromatic N) is 1. The molecule has 1 aromatic carbocycles. The molecule has 3 heteroatoms. The van der Waals surface area contributed by atoms with Gasteiger partial charge in [0.15, 0.2) is 0 Å². The summed E-state index contributed by atoms with van der Waals surface area (Å²) in [6, 6.07) is 11.1. The number of likely N-dealkylation sites (N-methyl/N-ethyl adjacent to an activating group) is 1. The maximum atomic E-state index is 10.0. The molecule has 1 unspecified atom stereocenters. The van der Waals surface area contributed by atoms with Gasteiger partial charge in [0, 0.05) is 12.6 Å². The molecule has 2 N–H and O–H groups in total. The zero-order valence-electron chi connectivity index (χ0n) is 12.8. The van der Waals surface area contributed by atoms with Gasteiger partial charge in [0.05, 0.1) is 12.1 Å². The van der Waals surface area contributed by atoms with Gasteiger partial charge in [-0.2, -0.15) is 0 Å². The Labute approximate surface area is 123 Å². The van der Waals surface area contributed by atoms with Crippen molar-refractivity contribution in [3.05, 3.63) is 35.9 Å². The van der Waals surface area contributed by atoms with Crippen molar-refractivity contribution in [2.45, 2.75) is 44.2 Å². The van der Waals surface area contributed by atoms with Crippen molar-refractivity contribution in [3.63, 3.8) is 0 Å². The number of hydrogen-bond acceptors (Lipinski definition) is 3. The summed E-state index contributed by atoms with van der Waals surface area (Å²) in [5.74, 6) is 0. The highest BCUT2D eigenvalue weighted by atomic mass is 16.3. The summed E-state index contributed by atoms with van der Waals surface area (Å²) >= 11 is 0. The predicted molar refractivity (Wildman–Crippen MR) is 83.8 cm³/mol. The number of nitrogens with one attached hydrogen (secondary N) is 1. The van der Waals surface area contributed by atoms with E-state index in [2.05, 4.69) is 36.3 Å². The Morgan fingerprint density at radius 2 is 2.00 bits per heavy atom. The molecule has 2 rings (SSSR count). The van der Waals surface area contributed by atoms with Gasteiger partial charge in [0.2, 0.25) is 0 Å². The Balaban J connectivity index is 2.06. The molecule has 0 heterocycles. The molecular weight excluding hydrogens is 248 g/mol. The van der Waals surface area contributed by atoms with Crippen LogP contribution in [0.3, 0.4) is 0 Å². The Morgan fingerprint density at radius 3 is 2.50 bits per heavy atom. The molecule has 1 saturated carbocycles. The van der Waals surface area contributed by atoms with E-state index in [-0.39, 0.29) is 12.1 Å². The molecule has 20 heavy (non-hydrogen) atoms. The fraction of sp³-hybridized carbons (Fsp3) is 0.647.